The van der Waals surface area contributed by atoms with Crippen LogP contribution in [-0.4, -0.2) is 63.2 Å². The van der Waals surface area contributed by atoms with Gasteiger partial charge in [0, 0.05) is 33.3 Å². The second-order valence-electron chi connectivity index (χ2n) is 8.03. The van der Waals surface area contributed by atoms with Gasteiger partial charge in [-0.15, -0.1) is 24.0 Å². The number of hydrogen-bond acceptors (Lipinski definition) is 3. The van der Waals surface area contributed by atoms with Gasteiger partial charge in [0.05, 0.1) is 6.61 Å². The second-order valence-corrected chi connectivity index (χ2v) is 8.03. The van der Waals surface area contributed by atoms with Crippen LogP contribution in [0.3, 0.4) is 0 Å². The van der Waals surface area contributed by atoms with Gasteiger partial charge < -0.3 is 20.3 Å². The quantitative estimate of drug-likeness (QED) is 0.229. The molecule has 29 heavy (non-hydrogen) atoms. The fourth-order valence-corrected chi connectivity index (χ4v) is 3.12. The molecule has 0 saturated carbocycles. The lowest BCUT2D eigenvalue weighted by atomic mass is 9.88. The fraction of sp³-hybridized carbons (Fsp3) is 0.636. The van der Waals surface area contributed by atoms with Crippen LogP contribution in [0.4, 0.5) is 0 Å². The first-order valence-corrected chi connectivity index (χ1v) is 10.3. The Hall–Kier alpha value is -1.35. The number of amides is 1. The van der Waals surface area contributed by atoms with Crippen LogP contribution >= 0.6 is 24.0 Å². The molecular weight excluding hydrogens is 479 g/mol. The smallest absolute Gasteiger partial charge is 0.243 e. The Balaban J connectivity index is 0.00000420. The lowest BCUT2D eigenvalue weighted by Crippen LogP contribution is -2.47. The van der Waals surface area contributed by atoms with E-state index >= 15 is 0 Å². The van der Waals surface area contributed by atoms with E-state index < -0.39 is 0 Å². The van der Waals surface area contributed by atoms with Crippen molar-refractivity contribution in [2.24, 2.45) is 10.9 Å². The highest BCUT2D eigenvalue weighted by molar-refractivity contribution is 14.0. The van der Waals surface area contributed by atoms with Gasteiger partial charge in [-0.25, -0.2) is 4.99 Å². The van der Waals surface area contributed by atoms with Crippen molar-refractivity contribution >= 4 is 35.8 Å². The monoisotopic (exact) mass is 516 g/mol. The molecule has 0 fully saturated rings. The number of benzene rings is 1. The Morgan fingerprint density at radius 1 is 1.24 bits per heavy atom. The summed E-state index contributed by atoms with van der Waals surface area (Å²) in [6, 6.07) is 8.93. The Morgan fingerprint density at radius 3 is 2.66 bits per heavy atom. The van der Waals surface area contributed by atoms with Gasteiger partial charge >= 0.3 is 0 Å². The molecule has 6 nitrogen and oxygen atoms in total. The van der Waals surface area contributed by atoms with Gasteiger partial charge in [0.25, 0.3) is 0 Å². The summed E-state index contributed by atoms with van der Waals surface area (Å²) in [7, 11) is 3.50. The number of rotatable bonds is 9. The molecule has 2 rings (SSSR count). The van der Waals surface area contributed by atoms with Crippen LogP contribution < -0.4 is 10.6 Å². The summed E-state index contributed by atoms with van der Waals surface area (Å²) in [6.07, 6.45) is 4.17. The molecule has 164 valence electrons. The summed E-state index contributed by atoms with van der Waals surface area (Å²) in [5, 5.41) is 6.83. The molecule has 1 atom stereocenters. The predicted molar refractivity (Wildman–Crippen MR) is 130 cm³/mol. The van der Waals surface area contributed by atoms with E-state index in [4.69, 9.17) is 4.74 Å². The molecular formula is C22H37IN4O2. The van der Waals surface area contributed by atoms with Crippen molar-refractivity contribution in [2.45, 2.75) is 45.6 Å². The van der Waals surface area contributed by atoms with Gasteiger partial charge in [0.1, 0.15) is 6.54 Å². The maximum Gasteiger partial charge on any atom is 0.243 e. The zero-order valence-corrected chi connectivity index (χ0v) is 20.6. The number of carbonyl (C=O) groups excluding carboxylic acids is 1. The predicted octanol–water partition coefficient (Wildman–Crippen LogP) is 2.85. The molecule has 1 aromatic rings. The molecule has 0 aromatic heterocycles. The summed E-state index contributed by atoms with van der Waals surface area (Å²) in [5.74, 6) is 1.33. The third-order valence-electron chi connectivity index (χ3n) is 4.94. The number of nitrogens with zero attached hydrogens (tertiary/aromatic N) is 2. The Morgan fingerprint density at radius 2 is 1.97 bits per heavy atom. The number of fused-ring (bicyclic) bond motifs is 1. The lowest BCUT2D eigenvalue weighted by Gasteiger charge is -2.27. The van der Waals surface area contributed by atoms with E-state index in [0.717, 1.165) is 32.3 Å². The van der Waals surface area contributed by atoms with Gasteiger partial charge in [0.2, 0.25) is 5.91 Å². The molecule has 1 aliphatic carbocycles. The summed E-state index contributed by atoms with van der Waals surface area (Å²) in [5.41, 5.74) is 2.83. The van der Waals surface area contributed by atoms with Crippen molar-refractivity contribution in [2.75, 3.05) is 40.4 Å². The SMILES string of the molecule is CC(C)CCOCCNC(=NCC(=O)N(C)C)NC1CCc2ccccc2C1.I. The standard InChI is InChI=1S/C22H36N4O2.HI/c1-17(2)11-13-28-14-12-23-22(24-16-21(27)26(3)4)25-20-10-9-18-7-5-6-8-19(18)15-20;/h5-8,17,20H,9-16H2,1-4H3,(H2,23,24,25);1H. The normalized spacial score (nSPS) is 16.0. The van der Waals surface area contributed by atoms with E-state index in [9.17, 15) is 4.79 Å². The molecule has 2 N–H and O–H groups in total. The molecule has 0 bridgehead atoms. The van der Waals surface area contributed by atoms with E-state index in [0.29, 0.717) is 31.1 Å². The second kappa shape index (κ2) is 13.8. The van der Waals surface area contributed by atoms with Crippen LogP contribution in [-0.2, 0) is 22.4 Å². The van der Waals surface area contributed by atoms with E-state index in [2.05, 4.69) is 53.7 Å². The van der Waals surface area contributed by atoms with E-state index in [1.165, 1.54) is 11.1 Å². The first-order chi connectivity index (χ1) is 13.5. The van der Waals surface area contributed by atoms with E-state index in [1.807, 2.05) is 0 Å². The highest BCUT2D eigenvalue weighted by atomic mass is 127. The van der Waals surface area contributed by atoms with Crippen molar-refractivity contribution in [3.8, 4) is 0 Å². The molecule has 1 aliphatic rings. The number of nitrogens with one attached hydrogen (secondary N) is 2. The molecule has 1 unspecified atom stereocenters. The first kappa shape index (κ1) is 25.7. The van der Waals surface area contributed by atoms with Crippen LogP contribution in [0.2, 0.25) is 0 Å². The minimum atomic E-state index is -0.0109. The molecule has 1 amide bonds. The molecule has 0 saturated heterocycles. The number of halogens is 1. The average molecular weight is 516 g/mol. The minimum absolute atomic E-state index is 0. The van der Waals surface area contributed by atoms with E-state index in [-0.39, 0.29) is 36.4 Å². The first-order valence-electron chi connectivity index (χ1n) is 10.3. The van der Waals surface area contributed by atoms with Crippen LogP contribution in [0.5, 0.6) is 0 Å². The highest BCUT2D eigenvalue weighted by Gasteiger charge is 2.19. The number of aliphatic imine (C=N–C) groups is 1. The van der Waals surface area contributed by atoms with Crippen molar-refractivity contribution in [1.29, 1.82) is 0 Å². The van der Waals surface area contributed by atoms with Crippen molar-refractivity contribution in [3.63, 3.8) is 0 Å². The third kappa shape index (κ3) is 9.80. The molecule has 0 heterocycles. The zero-order valence-electron chi connectivity index (χ0n) is 18.2. The zero-order chi connectivity index (χ0) is 20.4. The van der Waals surface area contributed by atoms with Gasteiger partial charge in [-0.05, 0) is 42.7 Å². The number of guanidine groups is 1. The lowest BCUT2D eigenvalue weighted by molar-refractivity contribution is -0.127. The Bertz CT molecular complexity index is 649. The van der Waals surface area contributed by atoms with Gasteiger partial charge in [-0.3, -0.25) is 4.79 Å². The molecule has 7 heteroatoms. The average Bonchev–Trinajstić information content (AvgIpc) is 2.67. The van der Waals surface area contributed by atoms with Crippen LogP contribution in [0, 0.1) is 5.92 Å². The third-order valence-corrected chi connectivity index (χ3v) is 4.94. The highest BCUT2D eigenvalue weighted by Crippen LogP contribution is 2.20. The Kier molecular flexibility index (Phi) is 12.2. The van der Waals surface area contributed by atoms with Crippen molar-refractivity contribution in [1.82, 2.24) is 15.5 Å². The van der Waals surface area contributed by atoms with Gasteiger partial charge in [0.15, 0.2) is 5.96 Å². The molecule has 0 radical (unpaired) electrons. The van der Waals surface area contributed by atoms with Gasteiger partial charge in [-0.1, -0.05) is 38.1 Å². The summed E-state index contributed by atoms with van der Waals surface area (Å²) in [4.78, 5) is 18.0. The number of likely N-dealkylation sites (N-methyl/N-ethyl adjacent to an activating group) is 1. The number of aryl methyl sites for hydroxylation is 1. The summed E-state index contributed by atoms with van der Waals surface area (Å²) < 4.78 is 5.67. The van der Waals surface area contributed by atoms with Gasteiger partial charge in [-0.2, -0.15) is 0 Å². The van der Waals surface area contributed by atoms with Crippen molar-refractivity contribution in [3.05, 3.63) is 35.4 Å². The molecule has 0 aliphatic heterocycles. The minimum Gasteiger partial charge on any atom is -0.380 e. The number of hydrogen-bond donors (Lipinski definition) is 2. The maximum atomic E-state index is 11.9. The summed E-state index contributed by atoms with van der Waals surface area (Å²) >= 11 is 0. The largest absolute Gasteiger partial charge is 0.380 e. The van der Waals surface area contributed by atoms with E-state index in [1.54, 1.807) is 19.0 Å². The Labute approximate surface area is 192 Å². The van der Waals surface area contributed by atoms with Crippen LogP contribution in [0.1, 0.15) is 37.8 Å². The number of carbonyl (C=O) groups is 1. The van der Waals surface area contributed by atoms with Crippen LogP contribution in [0.25, 0.3) is 0 Å². The molecule has 0 spiro atoms. The van der Waals surface area contributed by atoms with Crippen LogP contribution in [0.15, 0.2) is 29.3 Å². The van der Waals surface area contributed by atoms with Crippen molar-refractivity contribution < 1.29 is 9.53 Å². The maximum absolute atomic E-state index is 11.9. The summed E-state index contributed by atoms with van der Waals surface area (Å²) in [6.45, 7) is 6.60. The fourth-order valence-electron chi connectivity index (χ4n) is 3.12. The topological polar surface area (TPSA) is 66.0 Å². The molecule has 1 aromatic carbocycles. The number of ether oxygens (including phenoxy) is 1.